The molecule has 2 unspecified atom stereocenters. The number of rotatable bonds is 3. The Morgan fingerprint density at radius 2 is 2.29 bits per heavy atom. The van der Waals surface area contributed by atoms with Gasteiger partial charge in [-0.05, 0) is 13.5 Å². The number of amides is 2. The Hall–Kier alpha value is -1.10. The van der Waals surface area contributed by atoms with Crippen LogP contribution in [0, 0.1) is 5.92 Å². The van der Waals surface area contributed by atoms with E-state index in [0.29, 0.717) is 26.1 Å². The molecule has 17 heavy (non-hydrogen) atoms. The number of carbonyl (C=O) groups excluding carboxylic acids is 2. The van der Waals surface area contributed by atoms with Crippen molar-refractivity contribution in [2.24, 2.45) is 5.92 Å². The molecule has 2 atom stereocenters. The Bertz CT molecular complexity index is 319. The third-order valence-electron chi connectivity index (χ3n) is 3.74. The summed E-state index contributed by atoms with van der Waals surface area (Å²) < 4.78 is 0. The minimum absolute atomic E-state index is 0.0173. The monoisotopic (exact) mass is 239 g/mol. The molecule has 0 bridgehead atoms. The average Bonchev–Trinajstić information content (AvgIpc) is 2.70. The predicted molar refractivity (Wildman–Crippen MR) is 64.4 cm³/mol. The molecule has 2 amide bonds. The van der Waals surface area contributed by atoms with Crippen LogP contribution < -0.4 is 5.32 Å². The third-order valence-corrected chi connectivity index (χ3v) is 3.74. The van der Waals surface area contributed by atoms with Crippen LogP contribution in [0.3, 0.4) is 0 Å². The Labute approximate surface area is 102 Å². The molecule has 0 saturated carbocycles. The molecule has 0 aliphatic carbocycles. The third kappa shape index (κ3) is 2.44. The normalized spacial score (nSPS) is 26.0. The maximum absolute atomic E-state index is 12.1. The Kier molecular flexibility index (Phi) is 3.66. The first-order chi connectivity index (χ1) is 8.13. The average molecular weight is 239 g/mol. The van der Waals surface area contributed by atoms with Crippen LogP contribution in [0.15, 0.2) is 0 Å². The van der Waals surface area contributed by atoms with E-state index in [1.165, 1.54) is 0 Å². The number of fused-ring (bicyclic) bond motifs is 1. The van der Waals surface area contributed by atoms with E-state index in [2.05, 4.69) is 5.32 Å². The molecule has 0 aromatic rings. The molecular formula is C12H21N3O2. The summed E-state index contributed by atoms with van der Waals surface area (Å²) in [5.74, 6) is 0.479. The van der Waals surface area contributed by atoms with Crippen LogP contribution in [-0.4, -0.2) is 60.9 Å². The number of nitrogens with zero attached hydrogens (tertiary/aromatic N) is 2. The van der Waals surface area contributed by atoms with Crippen LogP contribution in [0.5, 0.6) is 0 Å². The zero-order chi connectivity index (χ0) is 12.4. The lowest BCUT2D eigenvalue weighted by Gasteiger charge is -2.38. The van der Waals surface area contributed by atoms with Gasteiger partial charge in [0.15, 0.2) is 0 Å². The van der Waals surface area contributed by atoms with Gasteiger partial charge in [-0.25, -0.2) is 0 Å². The first-order valence-corrected chi connectivity index (χ1v) is 6.36. The Morgan fingerprint density at radius 3 is 3.00 bits per heavy atom. The summed E-state index contributed by atoms with van der Waals surface area (Å²) in [7, 11) is 1.86. The lowest BCUT2D eigenvalue weighted by Crippen LogP contribution is -2.54. The van der Waals surface area contributed by atoms with Crippen molar-refractivity contribution >= 4 is 11.8 Å². The minimum atomic E-state index is 0.0173. The molecule has 96 valence electrons. The molecule has 0 spiro atoms. The maximum Gasteiger partial charge on any atom is 0.226 e. The fourth-order valence-electron chi connectivity index (χ4n) is 2.77. The number of nitrogens with one attached hydrogen (secondary N) is 1. The van der Waals surface area contributed by atoms with Crippen molar-refractivity contribution in [2.75, 3.05) is 33.2 Å². The van der Waals surface area contributed by atoms with E-state index < -0.39 is 0 Å². The number of piperazine rings is 1. The smallest absolute Gasteiger partial charge is 0.226 e. The molecular weight excluding hydrogens is 218 g/mol. The molecule has 2 heterocycles. The minimum Gasteiger partial charge on any atom is -0.339 e. The van der Waals surface area contributed by atoms with Gasteiger partial charge in [-0.15, -0.1) is 0 Å². The summed E-state index contributed by atoms with van der Waals surface area (Å²) in [5, 5.41) is 3.03. The quantitative estimate of drug-likeness (QED) is 0.734. The standard InChI is InChI=1S/C12H21N3O2/c1-9(7-13-2)12(17)14-5-6-15-10(8-14)3-4-11(15)16/h9-10,13H,3-8H2,1-2H3. The lowest BCUT2D eigenvalue weighted by atomic mass is 10.1. The van der Waals surface area contributed by atoms with Crippen molar-refractivity contribution in [3.63, 3.8) is 0 Å². The van der Waals surface area contributed by atoms with Crippen LogP contribution >= 0.6 is 0 Å². The van der Waals surface area contributed by atoms with Gasteiger partial charge in [-0.3, -0.25) is 9.59 Å². The van der Waals surface area contributed by atoms with Crippen molar-refractivity contribution in [2.45, 2.75) is 25.8 Å². The summed E-state index contributed by atoms with van der Waals surface area (Å²) >= 11 is 0. The van der Waals surface area contributed by atoms with E-state index in [9.17, 15) is 9.59 Å². The molecule has 2 aliphatic heterocycles. The fourth-order valence-corrected chi connectivity index (χ4v) is 2.77. The van der Waals surface area contributed by atoms with Gasteiger partial charge in [-0.2, -0.15) is 0 Å². The molecule has 5 heteroatoms. The first-order valence-electron chi connectivity index (χ1n) is 6.36. The molecule has 2 rings (SSSR count). The topological polar surface area (TPSA) is 52.7 Å². The van der Waals surface area contributed by atoms with Gasteiger partial charge in [0.2, 0.25) is 11.8 Å². The van der Waals surface area contributed by atoms with E-state index >= 15 is 0 Å². The SMILES string of the molecule is CNCC(C)C(=O)N1CCN2C(=O)CCC2C1. The molecule has 0 radical (unpaired) electrons. The number of carbonyl (C=O) groups is 2. The molecule has 5 nitrogen and oxygen atoms in total. The second-order valence-electron chi connectivity index (χ2n) is 5.02. The first kappa shape index (κ1) is 12.4. The highest BCUT2D eigenvalue weighted by molar-refractivity contribution is 5.81. The zero-order valence-electron chi connectivity index (χ0n) is 10.6. The Balaban J connectivity index is 1.92. The molecule has 2 aliphatic rings. The summed E-state index contributed by atoms with van der Waals surface area (Å²) in [4.78, 5) is 27.5. The highest BCUT2D eigenvalue weighted by Gasteiger charge is 2.37. The maximum atomic E-state index is 12.1. The van der Waals surface area contributed by atoms with E-state index in [4.69, 9.17) is 0 Å². The predicted octanol–water partition coefficient (Wildman–Crippen LogP) is -0.325. The van der Waals surface area contributed by atoms with E-state index in [1.54, 1.807) is 0 Å². The van der Waals surface area contributed by atoms with Gasteiger partial charge in [0, 0.05) is 44.6 Å². The zero-order valence-corrected chi connectivity index (χ0v) is 10.6. The van der Waals surface area contributed by atoms with Crippen molar-refractivity contribution in [1.29, 1.82) is 0 Å². The van der Waals surface area contributed by atoms with Crippen LogP contribution in [0.4, 0.5) is 0 Å². The van der Waals surface area contributed by atoms with Crippen LogP contribution in [0.2, 0.25) is 0 Å². The van der Waals surface area contributed by atoms with E-state index in [0.717, 1.165) is 13.0 Å². The molecule has 2 saturated heterocycles. The van der Waals surface area contributed by atoms with Gasteiger partial charge < -0.3 is 15.1 Å². The number of hydrogen-bond donors (Lipinski definition) is 1. The van der Waals surface area contributed by atoms with Crippen LogP contribution in [-0.2, 0) is 9.59 Å². The Morgan fingerprint density at radius 1 is 1.53 bits per heavy atom. The second-order valence-corrected chi connectivity index (χ2v) is 5.02. The highest BCUT2D eigenvalue weighted by Crippen LogP contribution is 2.23. The van der Waals surface area contributed by atoms with Gasteiger partial charge in [-0.1, -0.05) is 6.92 Å². The van der Waals surface area contributed by atoms with E-state index in [-0.39, 0.29) is 23.8 Å². The van der Waals surface area contributed by atoms with Gasteiger partial charge in [0.25, 0.3) is 0 Å². The van der Waals surface area contributed by atoms with Gasteiger partial charge >= 0.3 is 0 Å². The van der Waals surface area contributed by atoms with Crippen LogP contribution in [0.25, 0.3) is 0 Å². The molecule has 0 aromatic heterocycles. The summed E-state index contributed by atoms with van der Waals surface area (Å²) in [6.07, 6.45) is 1.56. The van der Waals surface area contributed by atoms with Crippen molar-refractivity contribution in [3.8, 4) is 0 Å². The second kappa shape index (κ2) is 5.04. The van der Waals surface area contributed by atoms with Crippen molar-refractivity contribution in [3.05, 3.63) is 0 Å². The summed E-state index contributed by atoms with van der Waals surface area (Å²) in [6, 6.07) is 0.266. The van der Waals surface area contributed by atoms with E-state index in [1.807, 2.05) is 23.8 Å². The molecule has 1 N–H and O–H groups in total. The summed E-state index contributed by atoms with van der Waals surface area (Å²) in [6.45, 7) is 4.78. The lowest BCUT2D eigenvalue weighted by molar-refractivity contribution is -0.141. The highest BCUT2D eigenvalue weighted by atomic mass is 16.2. The van der Waals surface area contributed by atoms with Gasteiger partial charge in [0.05, 0.1) is 0 Å². The van der Waals surface area contributed by atoms with Crippen molar-refractivity contribution in [1.82, 2.24) is 15.1 Å². The largest absolute Gasteiger partial charge is 0.339 e. The van der Waals surface area contributed by atoms with Gasteiger partial charge in [0.1, 0.15) is 0 Å². The fraction of sp³-hybridized carbons (Fsp3) is 0.833. The molecule has 2 fully saturated rings. The molecule has 0 aromatic carbocycles. The van der Waals surface area contributed by atoms with Crippen LogP contribution in [0.1, 0.15) is 19.8 Å². The van der Waals surface area contributed by atoms with Crippen molar-refractivity contribution < 1.29 is 9.59 Å². The summed E-state index contributed by atoms with van der Waals surface area (Å²) in [5.41, 5.74) is 0. The number of hydrogen-bond acceptors (Lipinski definition) is 3.